The van der Waals surface area contributed by atoms with E-state index in [1.54, 1.807) is 12.1 Å². The third kappa shape index (κ3) is 3.24. The first-order chi connectivity index (χ1) is 8.40. The van der Waals surface area contributed by atoms with Crippen LogP contribution in [-0.2, 0) is 10.0 Å². The molecule has 1 fully saturated rings. The van der Waals surface area contributed by atoms with Crippen molar-refractivity contribution < 1.29 is 8.42 Å². The molecular weight excluding hydrogens is 316 g/mol. The maximum absolute atomic E-state index is 12.1. The van der Waals surface area contributed by atoms with E-state index in [1.165, 1.54) is 18.9 Å². The second-order valence-electron chi connectivity index (χ2n) is 4.86. The fraction of sp³-hybridized carbons (Fsp3) is 0.500. The Morgan fingerprint density at radius 3 is 2.72 bits per heavy atom. The van der Waals surface area contributed by atoms with Crippen molar-refractivity contribution in [2.24, 2.45) is 11.8 Å². The molecule has 0 heterocycles. The molecule has 1 saturated carbocycles. The van der Waals surface area contributed by atoms with E-state index in [4.69, 9.17) is 5.73 Å². The van der Waals surface area contributed by atoms with Crippen molar-refractivity contribution in [2.75, 3.05) is 12.3 Å². The van der Waals surface area contributed by atoms with Crippen LogP contribution in [-0.4, -0.2) is 15.0 Å². The minimum absolute atomic E-state index is 0.236. The van der Waals surface area contributed by atoms with Gasteiger partial charge in [0.25, 0.3) is 0 Å². The molecule has 0 aliphatic heterocycles. The molecule has 0 radical (unpaired) electrons. The largest absolute Gasteiger partial charge is 0.399 e. The molecule has 6 heteroatoms. The van der Waals surface area contributed by atoms with Crippen LogP contribution in [0.1, 0.15) is 19.8 Å². The molecule has 1 atom stereocenters. The van der Waals surface area contributed by atoms with Crippen LogP contribution in [0.5, 0.6) is 0 Å². The minimum atomic E-state index is -3.46. The quantitative estimate of drug-likeness (QED) is 0.813. The van der Waals surface area contributed by atoms with Crippen LogP contribution in [0, 0.1) is 11.8 Å². The van der Waals surface area contributed by atoms with Crippen LogP contribution in [0.15, 0.2) is 27.6 Å². The Morgan fingerprint density at radius 2 is 2.17 bits per heavy atom. The molecule has 0 aromatic heterocycles. The molecule has 3 N–H and O–H groups in total. The fourth-order valence-corrected chi connectivity index (χ4v) is 4.12. The average molecular weight is 333 g/mol. The number of sulfonamides is 1. The zero-order valence-corrected chi connectivity index (χ0v) is 12.6. The summed E-state index contributed by atoms with van der Waals surface area (Å²) in [5, 5.41) is 0. The smallest absolute Gasteiger partial charge is 0.241 e. The maximum atomic E-state index is 12.1. The van der Waals surface area contributed by atoms with E-state index in [2.05, 4.69) is 27.6 Å². The lowest BCUT2D eigenvalue weighted by atomic mass is 10.1. The molecule has 0 spiro atoms. The first kappa shape index (κ1) is 13.8. The molecule has 1 aromatic rings. The molecule has 0 amide bonds. The Balaban J connectivity index is 2.09. The molecule has 1 aliphatic carbocycles. The van der Waals surface area contributed by atoms with E-state index in [0.29, 0.717) is 28.5 Å². The summed E-state index contributed by atoms with van der Waals surface area (Å²) < 4.78 is 27.4. The number of nitrogen functional groups attached to an aromatic ring is 1. The van der Waals surface area contributed by atoms with E-state index in [1.807, 2.05) is 0 Å². The van der Waals surface area contributed by atoms with Crippen molar-refractivity contribution in [2.45, 2.75) is 24.7 Å². The molecule has 2 rings (SSSR count). The molecule has 0 bridgehead atoms. The van der Waals surface area contributed by atoms with Gasteiger partial charge >= 0.3 is 0 Å². The van der Waals surface area contributed by atoms with E-state index in [-0.39, 0.29) is 4.90 Å². The first-order valence-electron chi connectivity index (χ1n) is 5.95. The van der Waals surface area contributed by atoms with Crippen LogP contribution >= 0.6 is 15.9 Å². The highest BCUT2D eigenvalue weighted by Crippen LogP contribution is 2.36. The van der Waals surface area contributed by atoms with Gasteiger partial charge in [-0.05, 0) is 58.8 Å². The molecule has 18 heavy (non-hydrogen) atoms. The van der Waals surface area contributed by atoms with Crippen LogP contribution in [0.4, 0.5) is 5.69 Å². The van der Waals surface area contributed by atoms with Gasteiger partial charge in [0.15, 0.2) is 0 Å². The zero-order valence-electron chi connectivity index (χ0n) is 10.2. The van der Waals surface area contributed by atoms with Crippen molar-refractivity contribution in [1.29, 1.82) is 0 Å². The van der Waals surface area contributed by atoms with Gasteiger partial charge in [-0.3, -0.25) is 0 Å². The van der Waals surface area contributed by atoms with Gasteiger partial charge in [-0.15, -0.1) is 0 Å². The molecule has 1 aliphatic rings. The summed E-state index contributed by atoms with van der Waals surface area (Å²) in [5.41, 5.74) is 6.13. The number of halogens is 1. The number of rotatable bonds is 5. The van der Waals surface area contributed by atoms with Crippen LogP contribution < -0.4 is 10.5 Å². The molecule has 1 aromatic carbocycles. The van der Waals surface area contributed by atoms with Gasteiger partial charge < -0.3 is 5.73 Å². The highest BCUT2D eigenvalue weighted by Gasteiger charge is 2.29. The second-order valence-corrected chi connectivity index (χ2v) is 7.45. The van der Waals surface area contributed by atoms with E-state index < -0.39 is 10.0 Å². The van der Waals surface area contributed by atoms with Gasteiger partial charge in [0.05, 0.1) is 4.90 Å². The Hall–Kier alpha value is -0.590. The molecule has 1 unspecified atom stereocenters. The maximum Gasteiger partial charge on any atom is 0.241 e. The Morgan fingerprint density at radius 1 is 1.50 bits per heavy atom. The van der Waals surface area contributed by atoms with Gasteiger partial charge in [0, 0.05) is 16.7 Å². The van der Waals surface area contributed by atoms with Gasteiger partial charge in [0.2, 0.25) is 10.0 Å². The van der Waals surface area contributed by atoms with Crippen molar-refractivity contribution in [3.8, 4) is 0 Å². The monoisotopic (exact) mass is 332 g/mol. The minimum Gasteiger partial charge on any atom is -0.399 e. The summed E-state index contributed by atoms with van der Waals surface area (Å²) in [4.78, 5) is 0.236. The van der Waals surface area contributed by atoms with Crippen LogP contribution in [0.3, 0.4) is 0 Å². The topological polar surface area (TPSA) is 72.2 Å². The van der Waals surface area contributed by atoms with E-state index in [9.17, 15) is 8.42 Å². The second kappa shape index (κ2) is 5.19. The summed E-state index contributed by atoms with van der Waals surface area (Å²) >= 11 is 3.23. The lowest BCUT2D eigenvalue weighted by Crippen LogP contribution is -2.29. The van der Waals surface area contributed by atoms with Gasteiger partial charge in [0.1, 0.15) is 0 Å². The van der Waals surface area contributed by atoms with Crippen molar-refractivity contribution in [3.05, 3.63) is 22.7 Å². The van der Waals surface area contributed by atoms with Crippen LogP contribution in [0.25, 0.3) is 0 Å². The third-order valence-electron chi connectivity index (χ3n) is 3.27. The lowest BCUT2D eigenvalue weighted by Gasteiger charge is -2.13. The summed E-state index contributed by atoms with van der Waals surface area (Å²) in [6.07, 6.45) is 2.43. The zero-order chi connectivity index (χ0) is 13.3. The van der Waals surface area contributed by atoms with Gasteiger partial charge in [-0.2, -0.15) is 0 Å². The van der Waals surface area contributed by atoms with Gasteiger partial charge in [-0.1, -0.05) is 6.92 Å². The SMILES string of the molecule is CC(CNS(=O)(=O)c1ccc(N)cc1Br)C1CC1. The molecule has 0 saturated heterocycles. The average Bonchev–Trinajstić information content (AvgIpc) is 3.09. The molecule has 4 nitrogen and oxygen atoms in total. The number of nitrogens with one attached hydrogen (secondary N) is 1. The predicted octanol–water partition coefficient (Wildman–Crippen LogP) is 2.36. The van der Waals surface area contributed by atoms with Gasteiger partial charge in [-0.25, -0.2) is 13.1 Å². The normalized spacial score (nSPS) is 17.7. The summed E-state index contributed by atoms with van der Waals surface area (Å²) in [6.45, 7) is 2.57. The number of nitrogens with two attached hydrogens (primary N) is 1. The number of benzene rings is 1. The third-order valence-corrected chi connectivity index (χ3v) is 5.67. The highest BCUT2D eigenvalue weighted by molar-refractivity contribution is 9.10. The fourth-order valence-electron chi connectivity index (χ4n) is 1.89. The van der Waals surface area contributed by atoms with Crippen molar-refractivity contribution in [1.82, 2.24) is 4.72 Å². The Labute approximate surface area is 116 Å². The predicted molar refractivity (Wildman–Crippen MR) is 75.6 cm³/mol. The van der Waals surface area contributed by atoms with Crippen molar-refractivity contribution >= 4 is 31.6 Å². The lowest BCUT2D eigenvalue weighted by molar-refractivity contribution is 0.491. The van der Waals surface area contributed by atoms with E-state index >= 15 is 0 Å². The first-order valence-corrected chi connectivity index (χ1v) is 8.22. The van der Waals surface area contributed by atoms with Crippen LogP contribution in [0.2, 0.25) is 0 Å². The number of hydrogen-bond acceptors (Lipinski definition) is 3. The molecular formula is C12H17BrN2O2S. The Bertz CT molecular complexity index is 541. The van der Waals surface area contributed by atoms with Crippen molar-refractivity contribution in [3.63, 3.8) is 0 Å². The Kier molecular flexibility index (Phi) is 3.99. The molecule has 100 valence electrons. The summed E-state index contributed by atoms with van der Waals surface area (Å²) in [7, 11) is -3.46. The number of hydrogen-bond donors (Lipinski definition) is 2. The number of anilines is 1. The summed E-state index contributed by atoms with van der Waals surface area (Å²) in [5.74, 6) is 1.08. The van der Waals surface area contributed by atoms with E-state index in [0.717, 1.165) is 0 Å². The highest BCUT2D eigenvalue weighted by atomic mass is 79.9. The summed E-state index contributed by atoms with van der Waals surface area (Å²) in [6, 6.07) is 4.70. The standard InChI is InChI=1S/C12H17BrN2O2S/c1-8(9-2-3-9)7-15-18(16,17)12-5-4-10(14)6-11(12)13/h4-6,8-9,15H,2-3,7,14H2,1H3.